The molecule has 0 aromatic carbocycles. The lowest BCUT2D eigenvalue weighted by Gasteiger charge is -2.00. The molecule has 0 amide bonds. The summed E-state index contributed by atoms with van der Waals surface area (Å²) in [5, 5.41) is 4.32. The van der Waals surface area contributed by atoms with Crippen LogP contribution >= 0.6 is 15.9 Å². The van der Waals surface area contributed by atoms with E-state index < -0.39 is 6.43 Å². The van der Waals surface area contributed by atoms with E-state index in [1.165, 1.54) is 29.0 Å². The lowest BCUT2D eigenvalue weighted by atomic mass is 10.1. The summed E-state index contributed by atoms with van der Waals surface area (Å²) in [4.78, 5) is 21.6. The third-order valence-corrected chi connectivity index (χ3v) is 6.84. The molecule has 1 fully saturated rings. The first-order valence-corrected chi connectivity index (χ1v) is 12.2. The third kappa shape index (κ3) is 4.38. The van der Waals surface area contributed by atoms with Gasteiger partial charge in [0, 0.05) is 35.7 Å². The first-order valence-electron chi connectivity index (χ1n) is 11.4. The number of carbonyl (C=O) groups excluding carboxylic acids is 1. The van der Waals surface area contributed by atoms with Crippen molar-refractivity contribution in [2.24, 2.45) is 0 Å². The van der Waals surface area contributed by atoms with E-state index >= 15 is 0 Å². The maximum Gasteiger partial charge on any atom is 0.295 e. The summed E-state index contributed by atoms with van der Waals surface area (Å²) in [6.07, 6.45) is 9.12. The SMILES string of the molecule is O=C(CCc1nc(C(F)F)n2ccc(Br)cc12)c1cnn(Cc2cn3cc(C4CC4)ccc3n2)c1. The van der Waals surface area contributed by atoms with Crippen molar-refractivity contribution in [1.29, 1.82) is 0 Å². The highest BCUT2D eigenvalue weighted by Gasteiger charge is 2.24. The van der Waals surface area contributed by atoms with Crippen LogP contribution < -0.4 is 0 Å². The smallest absolute Gasteiger partial charge is 0.295 e. The molecule has 0 bridgehead atoms. The maximum absolute atomic E-state index is 13.4. The molecule has 10 heteroatoms. The van der Waals surface area contributed by atoms with Gasteiger partial charge >= 0.3 is 0 Å². The third-order valence-electron chi connectivity index (χ3n) is 6.34. The Morgan fingerprint density at radius 1 is 1.14 bits per heavy atom. The van der Waals surface area contributed by atoms with E-state index in [0.717, 1.165) is 15.8 Å². The second-order valence-corrected chi connectivity index (χ2v) is 9.82. The molecule has 0 unspecified atom stereocenters. The van der Waals surface area contributed by atoms with Crippen LogP contribution in [0.4, 0.5) is 8.78 Å². The lowest BCUT2D eigenvalue weighted by molar-refractivity contribution is 0.0982. The van der Waals surface area contributed by atoms with Gasteiger partial charge in [0.15, 0.2) is 11.6 Å². The average molecular weight is 539 g/mol. The molecule has 178 valence electrons. The van der Waals surface area contributed by atoms with Crippen LogP contribution in [0.2, 0.25) is 0 Å². The van der Waals surface area contributed by atoms with Gasteiger partial charge in [0.1, 0.15) is 5.65 Å². The van der Waals surface area contributed by atoms with E-state index in [2.05, 4.69) is 43.3 Å². The quantitative estimate of drug-likeness (QED) is 0.240. The number of ketones is 1. The van der Waals surface area contributed by atoms with Crippen molar-refractivity contribution < 1.29 is 13.6 Å². The topological polar surface area (TPSA) is 69.5 Å². The minimum absolute atomic E-state index is 0.116. The standard InChI is InChI=1S/C25H21BrF2N6O/c26-18-7-8-34-21(9-18)20(31-25(34)24(27)28)4-5-22(35)17-10-29-33(12-17)14-19-13-32-11-16(15-1-2-15)3-6-23(32)30-19/h3,6-13,15,24H,1-2,4-5,14H2. The van der Waals surface area contributed by atoms with E-state index in [4.69, 9.17) is 0 Å². The fourth-order valence-electron chi connectivity index (χ4n) is 4.42. The molecular weight excluding hydrogens is 518 g/mol. The van der Waals surface area contributed by atoms with Crippen LogP contribution in [0.25, 0.3) is 11.2 Å². The van der Waals surface area contributed by atoms with E-state index in [0.29, 0.717) is 29.2 Å². The Kier molecular flexibility index (Phi) is 5.47. The number of alkyl halides is 2. The molecule has 0 N–H and O–H groups in total. The van der Waals surface area contributed by atoms with Crippen LogP contribution in [-0.2, 0) is 13.0 Å². The maximum atomic E-state index is 13.4. The number of hydrogen-bond donors (Lipinski definition) is 0. The molecule has 7 nitrogen and oxygen atoms in total. The van der Waals surface area contributed by atoms with E-state index in [9.17, 15) is 13.6 Å². The van der Waals surface area contributed by atoms with Crippen molar-refractivity contribution >= 4 is 32.9 Å². The van der Waals surface area contributed by atoms with Gasteiger partial charge in [-0.05, 0) is 48.9 Å². The van der Waals surface area contributed by atoms with Crippen LogP contribution in [0.5, 0.6) is 0 Å². The number of imidazole rings is 2. The predicted molar refractivity (Wildman–Crippen MR) is 129 cm³/mol. The summed E-state index contributed by atoms with van der Waals surface area (Å²) in [5.41, 5.74) is 4.59. The van der Waals surface area contributed by atoms with Crippen molar-refractivity contribution in [2.75, 3.05) is 0 Å². The molecule has 0 spiro atoms. The van der Waals surface area contributed by atoms with Crippen molar-refractivity contribution in [1.82, 2.24) is 28.5 Å². The first kappa shape index (κ1) is 22.1. The van der Waals surface area contributed by atoms with Crippen LogP contribution in [0.15, 0.2) is 59.7 Å². The molecule has 5 aromatic rings. The number of aryl methyl sites for hydroxylation is 1. The summed E-state index contributed by atoms with van der Waals surface area (Å²) in [5.74, 6) is 0.239. The number of Topliss-reactive ketones (excluding diaryl/α,β-unsaturated/α-hetero) is 1. The van der Waals surface area contributed by atoms with E-state index in [1.54, 1.807) is 29.2 Å². The molecular formula is C25H21BrF2N6O. The number of carbonyl (C=O) groups is 1. The Labute approximate surface area is 207 Å². The molecule has 1 saturated carbocycles. The molecule has 1 aliphatic rings. The Bertz CT molecular complexity index is 1570. The molecule has 6 rings (SSSR count). The molecule has 5 heterocycles. The monoisotopic (exact) mass is 538 g/mol. The minimum atomic E-state index is -2.70. The number of aromatic nitrogens is 6. The zero-order valence-corrected chi connectivity index (χ0v) is 20.2. The second-order valence-electron chi connectivity index (χ2n) is 8.90. The molecule has 0 saturated heterocycles. The molecule has 5 aromatic heterocycles. The van der Waals surface area contributed by atoms with Gasteiger partial charge in [0.25, 0.3) is 6.43 Å². The molecule has 0 atom stereocenters. The van der Waals surface area contributed by atoms with Crippen LogP contribution in [0.3, 0.4) is 0 Å². The van der Waals surface area contributed by atoms with Gasteiger partial charge < -0.3 is 4.40 Å². The number of hydrogen-bond acceptors (Lipinski definition) is 4. The Balaban J connectivity index is 1.15. The molecule has 35 heavy (non-hydrogen) atoms. The fraction of sp³-hybridized carbons (Fsp3) is 0.280. The highest BCUT2D eigenvalue weighted by molar-refractivity contribution is 9.10. The predicted octanol–water partition coefficient (Wildman–Crippen LogP) is 5.62. The van der Waals surface area contributed by atoms with Crippen LogP contribution in [0.1, 0.15) is 64.7 Å². The second kappa shape index (κ2) is 8.67. The number of nitrogens with zero attached hydrogens (tertiary/aromatic N) is 6. The summed E-state index contributed by atoms with van der Waals surface area (Å²) in [7, 11) is 0. The van der Waals surface area contributed by atoms with Crippen LogP contribution in [-0.4, -0.2) is 34.3 Å². The largest absolute Gasteiger partial charge is 0.306 e. The summed E-state index contributed by atoms with van der Waals surface area (Å²) in [6, 6.07) is 7.59. The van der Waals surface area contributed by atoms with Crippen molar-refractivity contribution in [3.63, 3.8) is 0 Å². The summed E-state index contributed by atoms with van der Waals surface area (Å²) < 4.78 is 32.7. The van der Waals surface area contributed by atoms with Crippen molar-refractivity contribution in [3.05, 3.63) is 88.1 Å². The fourth-order valence-corrected chi connectivity index (χ4v) is 4.75. The number of rotatable bonds is 8. The van der Waals surface area contributed by atoms with Gasteiger partial charge in [-0.2, -0.15) is 5.10 Å². The van der Waals surface area contributed by atoms with Gasteiger partial charge in [-0.25, -0.2) is 18.7 Å². The first-order chi connectivity index (χ1) is 16.9. The van der Waals surface area contributed by atoms with Gasteiger partial charge in [0.05, 0.1) is 35.2 Å². The van der Waals surface area contributed by atoms with Gasteiger partial charge in [-0.3, -0.25) is 13.9 Å². The Hall–Kier alpha value is -3.40. The molecule has 0 aliphatic heterocycles. The Morgan fingerprint density at radius 3 is 2.80 bits per heavy atom. The highest BCUT2D eigenvalue weighted by Crippen LogP contribution is 2.39. The van der Waals surface area contributed by atoms with Gasteiger partial charge in [-0.15, -0.1) is 0 Å². The molecule has 0 radical (unpaired) electrons. The van der Waals surface area contributed by atoms with E-state index in [-0.39, 0.29) is 24.4 Å². The van der Waals surface area contributed by atoms with Gasteiger partial charge in [-0.1, -0.05) is 22.0 Å². The lowest BCUT2D eigenvalue weighted by Crippen LogP contribution is -2.02. The van der Waals surface area contributed by atoms with E-state index in [1.807, 2.05) is 16.7 Å². The van der Waals surface area contributed by atoms with Crippen molar-refractivity contribution in [3.8, 4) is 0 Å². The average Bonchev–Trinajstić information content (AvgIpc) is 3.28. The van der Waals surface area contributed by atoms with Gasteiger partial charge in [0.2, 0.25) is 0 Å². The van der Waals surface area contributed by atoms with Crippen molar-refractivity contribution in [2.45, 2.75) is 44.6 Å². The zero-order chi connectivity index (χ0) is 24.1. The summed E-state index contributed by atoms with van der Waals surface area (Å²) >= 11 is 3.37. The molecule has 1 aliphatic carbocycles. The highest BCUT2D eigenvalue weighted by atomic mass is 79.9. The number of halogens is 3. The zero-order valence-electron chi connectivity index (χ0n) is 18.6. The summed E-state index contributed by atoms with van der Waals surface area (Å²) in [6.45, 7) is 0.450. The normalized spacial score (nSPS) is 13.9. The van der Waals surface area contributed by atoms with Crippen LogP contribution in [0, 0.1) is 0 Å². The minimum Gasteiger partial charge on any atom is -0.306 e. The number of pyridine rings is 2. The Morgan fingerprint density at radius 2 is 2.00 bits per heavy atom. The number of fused-ring (bicyclic) bond motifs is 2.